The highest BCUT2D eigenvalue weighted by Gasteiger charge is 2.25. The van der Waals surface area contributed by atoms with E-state index in [0.29, 0.717) is 16.9 Å². The van der Waals surface area contributed by atoms with Crippen molar-refractivity contribution in [1.82, 2.24) is 14.8 Å². The van der Waals surface area contributed by atoms with E-state index >= 15 is 0 Å². The van der Waals surface area contributed by atoms with Gasteiger partial charge in [-0.1, -0.05) is 61.9 Å². The number of likely N-dealkylation sites (tertiary alicyclic amines) is 1. The summed E-state index contributed by atoms with van der Waals surface area (Å²) >= 11 is 0. The average Bonchev–Trinajstić information content (AvgIpc) is 3.26. The van der Waals surface area contributed by atoms with Crippen LogP contribution in [-0.4, -0.2) is 52.5 Å². The number of amides is 1. The van der Waals surface area contributed by atoms with Crippen LogP contribution in [0.15, 0.2) is 78.9 Å². The van der Waals surface area contributed by atoms with Gasteiger partial charge < -0.3 is 25.0 Å². The molecule has 0 radical (unpaired) electrons. The molecule has 8 heteroatoms. The Morgan fingerprint density at radius 1 is 0.929 bits per heavy atom. The third-order valence-electron chi connectivity index (χ3n) is 7.96. The molecule has 0 unspecified atom stereocenters. The topological polar surface area (TPSA) is 95.1 Å². The fourth-order valence-corrected chi connectivity index (χ4v) is 5.65. The number of ether oxygens (including phenoxy) is 1. The molecule has 42 heavy (non-hydrogen) atoms. The maximum absolute atomic E-state index is 13.7. The van der Waals surface area contributed by atoms with Crippen LogP contribution in [0.3, 0.4) is 0 Å². The van der Waals surface area contributed by atoms with E-state index in [1.807, 2.05) is 43.3 Å². The monoisotopic (exact) mass is 591 g/mol. The number of aromatic nitrogens is 1. The Morgan fingerprint density at radius 3 is 2.26 bits per heavy atom. The van der Waals surface area contributed by atoms with Crippen LogP contribution in [0.25, 0.3) is 10.9 Å². The summed E-state index contributed by atoms with van der Waals surface area (Å²) < 4.78 is 7.93. The lowest BCUT2D eigenvalue weighted by Gasteiger charge is -2.32. The quantitative estimate of drug-likeness (QED) is 0.181. The van der Waals surface area contributed by atoms with E-state index in [0.717, 1.165) is 74.9 Å². The first kappa shape index (κ1) is 32.9. The Hall–Kier alpha value is -3.65. The molecule has 2 heterocycles. The molecule has 3 N–H and O–H groups in total. The number of carbonyl (C=O) groups is 2. The molecule has 1 aromatic heterocycles. The third-order valence-corrected chi connectivity index (χ3v) is 7.96. The van der Waals surface area contributed by atoms with Crippen molar-refractivity contribution in [3.8, 4) is 5.75 Å². The van der Waals surface area contributed by atoms with Gasteiger partial charge in [0.05, 0.1) is 11.1 Å². The summed E-state index contributed by atoms with van der Waals surface area (Å²) in [6.07, 6.45) is 5.02. The second-order valence-electron chi connectivity index (χ2n) is 10.7. The van der Waals surface area contributed by atoms with Gasteiger partial charge in [0.1, 0.15) is 5.75 Å². The third kappa shape index (κ3) is 7.79. The molecule has 7 nitrogen and oxygen atoms in total. The number of nitrogens with one attached hydrogen (secondary N) is 1. The number of rotatable bonds is 10. The number of aryl methyl sites for hydroxylation is 1. The lowest BCUT2D eigenvalue weighted by Crippen LogP contribution is -2.45. The van der Waals surface area contributed by atoms with Gasteiger partial charge in [0.25, 0.3) is 5.91 Å². The fourth-order valence-electron chi connectivity index (χ4n) is 5.65. The van der Waals surface area contributed by atoms with Crippen LogP contribution in [0.1, 0.15) is 64.6 Å². The highest BCUT2D eigenvalue weighted by molar-refractivity contribution is 6.09. The first-order valence-corrected chi connectivity index (χ1v) is 14.5. The summed E-state index contributed by atoms with van der Waals surface area (Å²) in [5.74, 6) is -0.0195. The molecule has 3 aromatic carbocycles. The summed E-state index contributed by atoms with van der Waals surface area (Å²) in [5, 5.41) is 4.16. The van der Waals surface area contributed by atoms with Crippen LogP contribution in [0.2, 0.25) is 0 Å². The number of esters is 1. The SMILES string of the molecule is CCCCn1c(C)c(C(=O)NC2CCN(CCc3ccccc3)CC2)c2cc(OC(=O)c3ccccc3)ccc21.Cl.O. The van der Waals surface area contributed by atoms with Gasteiger partial charge in [-0.15, -0.1) is 12.4 Å². The predicted molar refractivity (Wildman–Crippen MR) is 171 cm³/mol. The predicted octanol–water partition coefficient (Wildman–Crippen LogP) is 6.00. The molecule has 1 aliphatic rings. The molecule has 1 fully saturated rings. The van der Waals surface area contributed by atoms with Gasteiger partial charge in [-0.3, -0.25) is 4.79 Å². The zero-order valence-corrected chi connectivity index (χ0v) is 25.3. The summed E-state index contributed by atoms with van der Waals surface area (Å²) in [7, 11) is 0. The average molecular weight is 592 g/mol. The van der Waals surface area contributed by atoms with E-state index in [1.54, 1.807) is 12.1 Å². The Bertz CT molecular complexity index is 1450. The highest BCUT2D eigenvalue weighted by atomic mass is 35.5. The largest absolute Gasteiger partial charge is 0.423 e. The molecule has 0 saturated carbocycles. The minimum Gasteiger partial charge on any atom is -0.423 e. The maximum atomic E-state index is 13.7. The molecule has 1 amide bonds. The zero-order valence-electron chi connectivity index (χ0n) is 24.5. The Balaban J connectivity index is 0.00000242. The number of nitrogens with zero attached hydrogens (tertiary/aromatic N) is 2. The number of hydrogen-bond acceptors (Lipinski definition) is 4. The molecular formula is C34H42ClN3O4. The number of unbranched alkanes of at least 4 members (excludes halogenated alkanes) is 1. The van der Waals surface area contributed by atoms with Crippen molar-refractivity contribution >= 4 is 35.2 Å². The van der Waals surface area contributed by atoms with Crippen LogP contribution < -0.4 is 10.1 Å². The van der Waals surface area contributed by atoms with Crippen LogP contribution in [0, 0.1) is 6.92 Å². The van der Waals surface area contributed by atoms with E-state index in [1.165, 1.54) is 5.56 Å². The molecule has 0 aliphatic carbocycles. The lowest BCUT2D eigenvalue weighted by molar-refractivity contribution is 0.0734. The van der Waals surface area contributed by atoms with Crippen molar-refractivity contribution in [2.45, 2.75) is 58.5 Å². The van der Waals surface area contributed by atoms with Crippen LogP contribution in [-0.2, 0) is 13.0 Å². The van der Waals surface area contributed by atoms with Crippen molar-refractivity contribution in [2.24, 2.45) is 0 Å². The van der Waals surface area contributed by atoms with Gasteiger partial charge in [0, 0.05) is 48.8 Å². The van der Waals surface area contributed by atoms with Gasteiger partial charge >= 0.3 is 5.97 Å². The van der Waals surface area contributed by atoms with Crippen LogP contribution in [0.4, 0.5) is 0 Å². The van der Waals surface area contributed by atoms with Crippen molar-refractivity contribution in [3.05, 3.63) is 101 Å². The normalized spacial score (nSPS) is 13.7. The van der Waals surface area contributed by atoms with Gasteiger partial charge in [0.15, 0.2) is 0 Å². The van der Waals surface area contributed by atoms with Crippen molar-refractivity contribution in [3.63, 3.8) is 0 Å². The Labute approximate surface area is 254 Å². The summed E-state index contributed by atoms with van der Waals surface area (Å²) in [4.78, 5) is 28.9. The molecule has 0 bridgehead atoms. The summed E-state index contributed by atoms with van der Waals surface area (Å²) in [6, 6.07) is 25.3. The van der Waals surface area contributed by atoms with Crippen LogP contribution >= 0.6 is 12.4 Å². The Kier molecular flexibility index (Phi) is 12.2. The van der Waals surface area contributed by atoms with Gasteiger partial charge in [-0.2, -0.15) is 0 Å². The molecule has 0 spiro atoms. The number of hydrogen-bond donors (Lipinski definition) is 1. The number of halogens is 1. The molecule has 1 aliphatic heterocycles. The number of benzene rings is 3. The molecule has 5 rings (SSSR count). The summed E-state index contributed by atoms with van der Waals surface area (Å²) in [5.41, 5.74) is 4.48. The van der Waals surface area contributed by atoms with Crippen molar-refractivity contribution in [2.75, 3.05) is 19.6 Å². The fraction of sp³-hybridized carbons (Fsp3) is 0.353. The minimum absolute atomic E-state index is 0. The highest BCUT2D eigenvalue weighted by Crippen LogP contribution is 2.31. The minimum atomic E-state index is -0.410. The van der Waals surface area contributed by atoms with E-state index in [-0.39, 0.29) is 29.8 Å². The van der Waals surface area contributed by atoms with Crippen molar-refractivity contribution < 1.29 is 19.8 Å². The first-order valence-electron chi connectivity index (χ1n) is 14.5. The number of carbonyl (C=O) groups excluding carboxylic acids is 2. The Morgan fingerprint density at radius 2 is 1.60 bits per heavy atom. The second-order valence-corrected chi connectivity index (χ2v) is 10.7. The molecule has 224 valence electrons. The maximum Gasteiger partial charge on any atom is 0.343 e. The van der Waals surface area contributed by atoms with E-state index in [9.17, 15) is 9.59 Å². The molecular weight excluding hydrogens is 550 g/mol. The lowest BCUT2D eigenvalue weighted by atomic mass is 10.0. The number of piperidine rings is 1. The van der Waals surface area contributed by atoms with Crippen LogP contribution in [0.5, 0.6) is 5.75 Å². The second kappa shape index (κ2) is 15.5. The van der Waals surface area contributed by atoms with Gasteiger partial charge in [-0.05, 0) is 68.5 Å². The van der Waals surface area contributed by atoms with E-state index < -0.39 is 5.97 Å². The molecule has 0 atom stereocenters. The first-order chi connectivity index (χ1) is 19.5. The van der Waals surface area contributed by atoms with Gasteiger partial charge in [-0.25, -0.2) is 4.79 Å². The standard InChI is InChI=1S/C34H39N3O3.ClH.H2O/c1-3-4-20-37-25(2)32(30-24-29(15-16-31(30)37)40-34(39)27-13-9-6-10-14-27)33(38)35-28-18-22-36(23-19-28)21-17-26-11-7-5-8-12-26;;/h5-16,24,28H,3-4,17-23H2,1-2H3,(H,35,38);1H;1H2. The van der Waals surface area contributed by atoms with Gasteiger partial charge in [0.2, 0.25) is 0 Å². The smallest absolute Gasteiger partial charge is 0.343 e. The van der Waals surface area contributed by atoms with E-state index in [4.69, 9.17) is 4.74 Å². The zero-order chi connectivity index (χ0) is 27.9. The molecule has 1 saturated heterocycles. The number of fused-ring (bicyclic) bond motifs is 1. The summed E-state index contributed by atoms with van der Waals surface area (Å²) in [6.45, 7) is 8.03. The molecule has 4 aromatic rings. The van der Waals surface area contributed by atoms with E-state index in [2.05, 4.69) is 52.0 Å². The van der Waals surface area contributed by atoms with Crippen molar-refractivity contribution in [1.29, 1.82) is 0 Å².